The summed E-state index contributed by atoms with van der Waals surface area (Å²) in [7, 11) is -4.42. The summed E-state index contributed by atoms with van der Waals surface area (Å²) in [5, 5.41) is 25.9. The number of nitrogens with zero attached hydrogens (tertiary/aromatic N) is 1. The largest absolute Gasteiger partial charge is 0.462 e. The minimum atomic E-state index is -4.42. The lowest BCUT2D eigenvalue weighted by atomic mass is 9.96. The normalized spacial score (nSPS) is 24.6. The second kappa shape index (κ2) is 12.1. The van der Waals surface area contributed by atoms with Gasteiger partial charge in [0.15, 0.2) is 6.23 Å². The van der Waals surface area contributed by atoms with Crippen molar-refractivity contribution in [1.82, 2.24) is 14.6 Å². The molecule has 2 heterocycles. The molecule has 220 valence electrons. The van der Waals surface area contributed by atoms with Gasteiger partial charge in [0, 0.05) is 12.3 Å². The van der Waals surface area contributed by atoms with Crippen LogP contribution in [0.5, 0.6) is 5.75 Å². The molecule has 41 heavy (non-hydrogen) atoms. The summed E-state index contributed by atoms with van der Waals surface area (Å²) < 4.78 is 37.5. The smallest absolute Gasteiger partial charge is 0.459 e. The molecule has 6 atom stereocenters. The first-order valence-corrected chi connectivity index (χ1v) is 14.3. The van der Waals surface area contributed by atoms with Crippen LogP contribution < -0.4 is 20.9 Å². The average molecular weight is 590 g/mol. The van der Waals surface area contributed by atoms with Gasteiger partial charge in [-0.15, -0.1) is 6.58 Å². The summed E-state index contributed by atoms with van der Waals surface area (Å²) >= 11 is 0. The number of fused-ring (bicyclic) bond motifs is 1. The third-order valence-electron chi connectivity index (χ3n) is 6.39. The molecule has 0 radical (unpaired) electrons. The van der Waals surface area contributed by atoms with Crippen LogP contribution in [-0.4, -0.2) is 62.3 Å². The Morgan fingerprint density at radius 2 is 1.90 bits per heavy atom. The van der Waals surface area contributed by atoms with E-state index in [1.165, 1.54) is 6.92 Å². The number of aromatic nitrogens is 2. The number of carbonyl (C=O) groups excluding carboxylic acids is 1. The lowest BCUT2D eigenvalue weighted by molar-refractivity contribution is -0.149. The first-order chi connectivity index (χ1) is 19.4. The quantitative estimate of drug-likeness (QED) is 0.146. The van der Waals surface area contributed by atoms with Gasteiger partial charge < -0.3 is 24.2 Å². The van der Waals surface area contributed by atoms with E-state index in [1.54, 1.807) is 32.0 Å². The summed E-state index contributed by atoms with van der Waals surface area (Å²) in [6, 6.07) is 12.3. The number of H-pyrrole nitrogens is 1. The Balaban J connectivity index is 1.62. The molecule has 2 aromatic carbocycles. The summed E-state index contributed by atoms with van der Waals surface area (Å²) in [5.74, 6) is -0.559. The van der Waals surface area contributed by atoms with Crippen LogP contribution in [0, 0.1) is 0 Å². The highest BCUT2D eigenvalue weighted by Gasteiger charge is 2.55. The Bertz CT molecular complexity index is 1590. The van der Waals surface area contributed by atoms with Crippen LogP contribution in [0.1, 0.15) is 27.0 Å². The van der Waals surface area contributed by atoms with Crippen molar-refractivity contribution in [2.75, 3.05) is 6.61 Å². The van der Waals surface area contributed by atoms with E-state index in [9.17, 15) is 29.2 Å². The number of rotatable bonds is 11. The fraction of sp³-hybridized carbons (Fsp3) is 0.370. The van der Waals surface area contributed by atoms with E-state index in [0.29, 0.717) is 0 Å². The fourth-order valence-corrected chi connectivity index (χ4v) is 5.79. The Labute approximate surface area is 234 Å². The van der Waals surface area contributed by atoms with Crippen molar-refractivity contribution in [2.45, 2.75) is 57.0 Å². The number of nitrogens with one attached hydrogen (secondary N) is 2. The van der Waals surface area contributed by atoms with Gasteiger partial charge in [-0.2, -0.15) is 5.09 Å². The van der Waals surface area contributed by atoms with Crippen LogP contribution in [0.25, 0.3) is 10.8 Å². The number of aliphatic hydroxyl groups excluding tert-OH is 2. The minimum absolute atomic E-state index is 0.155. The molecule has 4 N–H and O–H groups in total. The zero-order valence-corrected chi connectivity index (χ0v) is 23.5. The third-order valence-corrected chi connectivity index (χ3v) is 8.01. The van der Waals surface area contributed by atoms with E-state index in [4.69, 9.17) is 18.5 Å². The third kappa shape index (κ3) is 6.67. The lowest BCUT2D eigenvalue weighted by Crippen LogP contribution is -2.46. The molecule has 0 spiro atoms. The predicted octanol–water partition coefficient (Wildman–Crippen LogP) is 2.00. The maximum Gasteiger partial charge on any atom is 0.459 e. The van der Waals surface area contributed by atoms with Crippen molar-refractivity contribution in [2.24, 2.45) is 0 Å². The molecule has 4 rings (SSSR count). The first kappa shape index (κ1) is 30.4. The molecule has 3 aromatic rings. The lowest BCUT2D eigenvalue weighted by Gasteiger charge is -2.31. The van der Waals surface area contributed by atoms with Crippen molar-refractivity contribution in [3.63, 3.8) is 0 Å². The molecule has 0 saturated carbocycles. The summed E-state index contributed by atoms with van der Waals surface area (Å²) in [6.45, 7) is 7.71. The van der Waals surface area contributed by atoms with Gasteiger partial charge in [-0.25, -0.2) is 9.36 Å². The molecular weight excluding hydrogens is 557 g/mol. The fourth-order valence-electron chi connectivity index (χ4n) is 4.27. The van der Waals surface area contributed by atoms with E-state index in [2.05, 4.69) is 11.7 Å². The van der Waals surface area contributed by atoms with Gasteiger partial charge >= 0.3 is 19.4 Å². The molecule has 1 fully saturated rings. The number of hydrogen-bond donors (Lipinski definition) is 4. The van der Waals surface area contributed by atoms with Gasteiger partial charge in [0.05, 0.1) is 12.7 Å². The monoisotopic (exact) mass is 589 g/mol. The van der Waals surface area contributed by atoms with Crippen molar-refractivity contribution < 1.29 is 38.1 Å². The molecule has 1 unspecified atom stereocenters. The van der Waals surface area contributed by atoms with E-state index in [1.807, 2.05) is 29.2 Å². The molecule has 0 bridgehead atoms. The minimum Gasteiger partial charge on any atom is -0.462 e. The molecule has 14 heteroatoms. The van der Waals surface area contributed by atoms with E-state index < -0.39 is 67.8 Å². The van der Waals surface area contributed by atoms with Gasteiger partial charge in [-0.1, -0.05) is 36.4 Å². The standard InChI is InChI=1S/C27H32N3O10P/c1-5-27(23(33)22(32)24(39-27)30-13-12-21(31)28-26(30)35)15-37-41(36,29-17(4)25(34)38-16(2)3)40-20-11-10-18-8-6-7-9-19(18)14-20/h5-14,16-17,22-24,32-33H,1,15H2,2-4H3,(H,29,36)(H,28,31,35)/t17-,22+,23-,24+,27+,41?/m0/s1. The number of aromatic amines is 1. The van der Waals surface area contributed by atoms with Crippen LogP contribution in [-0.2, 0) is 23.4 Å². The van der Waals surface area contributed by atoms with Gasteiger partial charge in [-0.05, 0) is 43.7 Å². The highest BCUT2D eigenvalue weighted by atomic mass is 31.2. The molecular formula is C27H32N3O10P. The zero-order chi connectivity index (χ0) is 29.9. The van der Waals surface area contributed by atoms with Crippen molar-refractivity contribution >= 4 is 24.5 Å². The van der Waals surface area contributed by atoms with Gasteiger partial charge in [0.2, 0.25) is 0 Å². The number of carbonyl (C=O) groups is 1. The number of hydrogen-bond acceptors (Lipinski definition) is 10. The van der Waals surface area contributed by atoms with Crippen LogP contribution in [0.2, 0.25) is 0 Å². The van der Waals surface area contributed by atoms with Crippen molar-refractivity contribution in [3.8, 4) is 5.75 Å². The molecule has 1 aromatic heterocycles. The van der Waals surface area contributed by atoms with E-state index in [-0.39, 0.29) is 5.75 Å². The second-order valence-electron chi connectivity index (χ2n) is 9.83. The van der Waals surface area contributed by atoms with Gasteiger partial charge in [0.1, 0.15) is 29.6 Å². The van der Waals surface area contributed by atoms with Crippen molar-refractivity contribution in [3.05, 3.63) is 88.2 Å². The maximum absolute atomic E-state index is 14.1. The van der Waals surface area contributed by atoms with Crippen molar-refractivity contribution in [1.29, 1.82) is 0 Å². The Kier molecular flexibility index (Phi) is 8.97. The highest BCUT2D eigenvalue weighted by Crippen LogP contribution is 2.48. The Morgan fingerprint density at radius 3 is 2.56 bits per heavy atom. The van der Waals surface area contributed by atoms with Crippen LogP contribution in [0.4, 0.5) is 0 Å². The summed E-state index contributed by atoms with van der Waals surface area (Å²) in [4.78, 5) is 38.3. The van der Waals surface area contributed by atoms with E-state index >= 15 is 0 Å². The molecule has 0 amide bonds. The number of esters is 1. The topological polar surface area (TPSA) is 178 Å². The summed E-state index contributed by atoms with van der Waals surface area (Å²) in [5.41, 5.74) is -3.44. The average Bonchev–Trinajstić information content (AvgIpc) is 3.17. The molecule has 0 aliphatic carbocycles. The second-order valence-corrected chi connectivity index (χ2v) is 11.5. The Hall–Kier alpha value is -3.58. The van der Waals surface area contributed by atoms with Gasteiger partial charge in [0.25, 0.3) is 5.56 Å². The highest BCUT2D eigenvalue weighted by molar-refractivity contribution is 7.52. The SMILES string of the molecule is C=C[C@]1(COP(=O)(N[C@@H](C)C(=O)OC(C)C)Oc2ccc3ccccc3c2)O[C@@H](n2ccc(=O)[nH]c2=O)[C@H](O)[C@@H]1O. The maximum atomic E-state index is 14.1. The molecule has 13 nitrogen and oxygen atoms in total. The first-order valence-electron chi connectivity index (χ1n) is 12.8. The zero-order valence-electron chi connectivity index (χ0n) is 22.6. The number of benzene rings is 2. The van der Waals surface area contributed by atoms with Crippen LogP contribution in [0.3, 0.4) is 0 Å². The molecule has 1 aliphatic heterocycles. The molecule has 1 saturated heterocycles. The Morgan fingerprint density at radius 1 is 1.20 bits per heavy atom. The van der Waals surface area contributed by atoms with Gasteiger partial charge in [-0.3, -0.25) is 23.7 Å². The molecule has 1 aliphatic rings. The number of ether oxygens (including phenoxy) is 2. The van der Waals surface area contributed by atoms with Crippen LogP contribution >= 0.6 is 7.75 Å². The predicted molar refractivity (Wildman–Crippen MR) is 148 cm³/mol. The number of aliphatic hydroxyl groups is 2. The summed E-state index contributed by atoms with van der Waals surface area (Å²) in [6.07, 6.45) is -3.04. The van der Waals surface area contributed by atoms with E-state index in [0.717, 1.165) is 33.7 Å². The van der Waals surface area contributed by atoms with Crippen LogP contribution in [0.15, 0.2) is 77.0 Å².